The van der Waals surface area contributed by atoms with E-state index in [1.165, 1.54) is 0 Å². The highest BCUT2D eigenvalue weighted by Gasteiger charge is 2.46. The quantitative estimate of drug-likeness (QED) is 0.296. The number of nitriles is 1. The molecule has 218 valence electrons. The number of aryl methyl sites for hydroxylation is 2. The van der Waals surface area contributed by atoms with Crippen molar-refractivity contribution in [1.29, 1.82) is 5.26 Å². The molecule has 1 saturated heterocycles. The Labute approximate surface area is 243 Å². The molecule has 2 aromatic carbocycles. The van der Waals surface area contributed by atoms with Gasteiger partial charge in [0, 0.05) is 23.7 Å². The van der Waals surface area contributed by atoms with E-state index in [1.807, 2.05) is 24.3 Å². The lowest BCUT2D eigenvalue weighted by atomic mass is 9.66. The molecule has 0 spiro atoms. The van der Waals surface area contributed by atoms with Crippen molar-refractivity contribution in [2.75, 3.05) is 13.1 Å². The molecule has 5 rings (SSSR count). The summed E-state index contributed by atoms with van der Waals surface area (Å²) in [6.45, 7) is 4.79. The normalized spacial score (nSPS) is 18.0. The minimum absolute atomic E-state index is 0.0737. The predicted molar refractivity (Wildman–Crippen MR) is 153 cm³/mol. The largest absolute Gasteiger partial charge is 0.366 e. The number of nitrogens with one attached hydrogen (secondary N) is 2. The van der Waals surface area contributed by atoms with Gasteiger partial charge in [0.25, 0.3) is 0 Å². The Balaban J connectivity index is 1.64. The number of likely N-dealkylation sites (tertiary alicyclic amines) is 1. The number of tetrazole rings is 1. The number of aromatic nitrogens is 4. The molecule has 12 heteroatoms. The molecule has 12 nitrogen and oxygen atoms in total. The molecule has 1 aliphatic carbocycles. The van der Waals surface area contributed by atoms with Crippen molar-refractivity contribution in [3.8, 4) is 6.07 Å². The Morgan fingerprint density at radius 2 is 1.71 bits per heavy atom. The van der Waals surface area contributed by atoms with Gasteiger partial charge in [-0.05, 0) is 84.5 Å². The Morgan fingerprint density at radius 1 is 1.10 bits per heavy atom. The van der Waals surface area contributed by atoms with Gasteiger partial charge in [-0.25, -0.2) is 0 Å². The van der Waals surface area contributed by atoms with Crippen LogP contribution in [0.3, 0.4) is 0 Å². The van der Waals surface area contributed by atoms with Crippen molar-refractivity contribution in [2.24, 2.45) is 17.4 Å². The third-order valence-electron chi connectivity index (χ3n) is 8.66. The summed E-state index contributed by atoms with van der Waals surface area (Å²) < 4.78 is 0. The van der Waals surface area contributed by atoms with Crippen LogP contribution in [0.2, 0.25) is 0 Å². The van der Waals surface area contributed by atoms with Gasteiger partial charge < -0.3 is 21.7 Å². The SMILES string of the molecule is CC(C)[C@H](CC1(c2nn[nH]n2)c2ccc(C(N)=O)cc2CCc2cc(C(N)=O)ccc21)NCC(=O)N1CCC[C@H]1C#N. The van der Waals surface area contributed by atoms with Crippen LogP contribution in [-0.2, 0) is 23.1 Å². The van der Waals surface area contributed by atoms with Gasteiger partial charge in [-0.3, -0.25) is 14.4 Å². The summed E-state index contributed by atoms with van der Waals surface area (Å²) in [5.41, 5.74) is 14.7. The Hall–Kier alpha value is -4.63. The molecule has 2 heterocycles. The smallest absolute Gasteiger partial charge is 0.248 e. The fourth-order valence-corrected chi connectivity index (χ4v) is 6.44. The molecule has 6 N–H and O–H groups in total. The second-order valence-corrected chi connectivity index (χ2v) is 11.4. The Morgan fingerprint density at radius 3 is 2.21 bits per heavy atom. The van der Waals surface area contributed by atoms with Crippen LogP contribution in [0, 0.1) is 17.2 Å². The van der Waals surface area contributed by atoms with Crippen molar-refractivity contribution in [1.82, 2.24) is 30.8 Å². The number of nitrogens with zero attached hydrogens (tertiary/aromatic N) is 5. The standard InChI is InChI=1S/C30H35N9O3/c1-17(2)25(34-16-26(40)39-11-3-4-22(39)15-31)14-30(29-35-37-38-36-29)23-9-7-20(27(32)41)12-18(23)5-6-19-13-21(28(33)42)8-10-24(19)30/h7-10,12-13,17,22,25,34H,3-6,11,14,16H2,1-2H3,(H2,32,41)(H2,33,42)(H,35,36,37,38)/t22-,25-/m0/s1. The number of H-pyrrole nitrogens is 1. The highest BCUT2D eigenvalue weighted by Crippen LogP contribution is 2.47. The average Bonchev–Trinajstić information content (AvgIpc) is 3.67. The molecule has 1 aromatic heterocycles. The van der Waals surface area contributed by atoms with E-state index < -0.39 is 23.3 Å². The predicted octanol–water partition coefficient (Wildman–Crippen LogP) is 1.35. The van der Waals surface area contributed by atoms with Crippen LogP contribution < -0.4 is 16.8 Å². The molecule has 2 aliphatic rings. The van der Waals surface area contributed by atoms with E-state index in [9.17, 15) is 19.6 Å². The number of fused-ring (bicyclic) bond motifs is 2. The number of amides is 3. The number of carbonyl (C=O) groups is 3. The molecule has 0 saturated carbocycles. The molecule has 42 heavy (non-hydrogen) atoms. The Kier molecular flexibility index (Phi) is 8.04. The summed E-state index contributed by atoms with van der Waals surface area (Å²) in [4.78, 5) is 39.1. The van der Waals surface area contributed by atoms with Gasteiger partial charge in [-0.15, -0.1) is 10.2 Å². The molecule has 0 radical (unpaired) electrons. The van der Waals surface area contributed by atoms with Crippen LogP contribution in [0.25, 0.3) is 0 Å². The highest BCUT2D eigenvalue weighted by molar-refractivity contribution is 5.94. The number of hydrogen-bond acceptors (Lipinski definition) is 8. The summed E-state index contributed by atoms with van der Waals surface area (Å²) >= 11 is 0. The molecule has 3 aromatic rings. The van der Waals surface area contributed by atoms with E-state index in [0.717, 1.165) is 28.7 Å². The van der Waals surface area contributed by atoms with E-state index >= 15 is 0 Å². The van der Waals surface area contributed by atoms with Gasteiger partial charge in [0.15, 0.2) is 5.82 Å². The van der Waals surface area contributed by atoms with Gasteiger partial charge in [-0.1, -0.05) is 31.2 Å². The number of carbonyl (C=O) groups excluding carboxylic acids is 3. The molecule has 1 aliphatic heterocycles. The zero-order valence-electron chi connectivity index (χ0n) is 23.8. The maximum atomic E-state index is 13.2. The van der Waals surface area contributed by atoms with Gasteiger partial charge in [-0.2, -0.15) is 10.5 Å². The summed E-state index contributed by atoms with van der Waals surface area (Å²) in [7, 11) is 0. The van der Waals surface area contributed by atoms with Crippen molar-refractivity contribution in [2.45, 2.75) is 63.5 Å². The number of benzene rings is 2. The number of nitrogens with two attached hydrogens (primary N) is 2. The number of primary amides is 2. The third-order valence-corrected chi connectivity index (χ3v) is 8.66. The van der Waals surface area contributed by atoms with Crippen LogP contribution in [0.5, 0.6) is 0 Å². The van der Waals surface area contributed by atoms with Crippen molar-refractivity contribution >= 4 is 17.7 Å². The Bertz CT molecular complexity index is 1480. The summed E-state index contributed by atoms with van der Waals surface area (Å²) in [5, 5.41) is 28.5. The van der Waals surface area contributed by atoms with E-state index in [-0.39, 0.29) is 24.4 Å². The lowest BCUT2D eigenvalue weighted by molar-refractivity contribution is -0.130. The van der Waals surface area contributed by atoms with Gasteiger partial charge in [0.1, 0.15) is 6.04 Å². The minimum atomic E-state index is -0.964. The molecule has 1 fully saturated rings. The first kappa shape index (κ1) is 28.9. The van der Waals surface area contributed by atoms with Crippen LogP contribution in [0.15, 0.2) is 36.4 Å². The molecule has 0 unspecified atom stereocenters. The first-order valence-electron chi connectivity index (χ1n) is 14.2. The number of hydrogen-bond donors (Lipinski definition) is 4. The topological polar surface area (TPSA) is 197 Å². The molecule has 3 amide bonds. The second kappa shape index (κ2) is 11.7. The number of rotatable bonds is 9. The summed E-state index contributed by atoms with van der Waals surface area (Å²) in [5.74, 6) is -0.667. The van der Waals surface area contributed by atoms with Gasteiger partial charge >= 0.3 is 0 Å². The van der Waals surface area contributed by atoms with Crippen molar-refractivity contribution in [3.05, 3.63) is 75.6 Å². The highest BCUT2D eigenvalue weighted by atomic mass is 16.2. The van der Waals surface area contributed by atoms with Crippen LogP contribution in [-0.4, -0.2) is 68.4 Å². The van der Waals surface area contributed by atoms with Crippen LogP contribution in [0.1, 0.15) is 81.9 Å². The summed E-state index contributed by atoms with van der Waals surface area (Å²) in [6.07, 6.45) is 3.09. The van der Waals surface area contributed by atoms with E-state index in [2.05, 4.69) is 45.9 Å². The van der Waals surface area contributed by atoms with Gasteiger partial charge in [0.05, 0.1) is 18.0 Å². The lowest BCUT2D eigenvalue weighted by Gasteiger charge is -2.38. The van der Waals surface area contributed by atoms with Crippen molar-refractivity contribution in [3.63, 3.8) is 0 Å². The zero-order chi connectivity index (χ0) is 30.0. The average molecular weight is 570 g/mol. The fourth-order valence-electron chi connectivity index (χ4n) is 6.44. The van der Waals surface area contributed by atoms with Crippen LogP contribution in [0.4, 0.5) is 0 Å². The van der Waals surface area contributed by atoms with Gasteiger partial charge in [0.2, 0.25) is 17.7 Å². The molecule has 2 atom stereocenters. The van der Waals surface area contributed by atoms with E-state index in [1.54, 1.807) is 17.0 Å². The zero-order valence-corrected chi connectivity index (χ0v) is 23.8. The summed E-state index contributed by atoms with van der Waals surface area (Å²) in [6, 6.07) is 12.4. The molecular weight excluding hydrogens is 534 g/mol. The van der Waals surface area contributed by atoms with Crippen molar-refractivity contribution < 1.29 is 14.4 Å². The molecular formula is C30H35N9O3. The maximum absolute atomic E-state index is 13.2. The molecule has 0 bridgehead atoms. The van der Waals surface area contributed by atoms with Crippen LogP contribution >= 0.6 is 0 Å². The number of aromatic amines is 1. The second-order valence-electron chi connectivity index (χ2n) is 11.4. The fraction of sp³-hybridized carbons (Fsp3) is 0.433. The minimum Gasteiger partial charge on any atom is -0.366 e. The van der Waals surface area contributed by atoms with E-state index in [4.69, 9.17) is 11.5 Å². The third kappa shape index (κ3) is 5.23. The first-order valence-corrected chi connectivity index (χ1v) is 14.2. The monoisotopic (exact) mass is 569 g/mol. The lowest BCUT2D eigenvalue weighted by Crippen LogP contribution is -2.48. The first-order chi connectivity index (χ1) is 20.1. The maximum Gasteiger partial charge on any atom is 0.248 e. The van der Waals surface area contributed by atoms with E-state index in [0.29, 0.717) is 49.2 Å².